The number of piperazine rings is 1. The summed E-state index contributed by atoms with van der Waals surface area (Å²) in [6, 6.07) is 18.4. The van der Waals surface area contributed by atoms with E-state index in [-0.39, 0.29) is 11.6 Å². The highest BCUT2D eigenvalue weighted by molar-refractivity contribution is 6.37. The summed E-state index contributed by atoms with van der Waals surface area (Å²) in [4.78, 5) is 15.3. The third-order valence-corrected chi connectivity index (χ3v) is 10.8. The average molecular weight is 568 g/mol. The molecule has 3 unspecified atom stereocenters. The van der Waals surface area contributed by atoms with Crippen molar-refractivity contribution in [1.29, 1.82) is 0 Å². The first-order valence-corrected chi connectivity index (χ1v) is 15.6. The van der Waals surface area contributed by atoms with Crippen LogP contribution in [0.25, 0.3) is 32.8 Å². The van der Waals surface area contributed by atoms with E-state index in [1.54, 1.807) is 0 Å². The molecule has 0 radical (unpaired) electrons. The van der Waals surface area contributed by atoms with Crippen LogP contribution >= 0.6 is 11.6 Å². The van der Waals surface area contributed by atoms with E-state index in [4.69, 9.17) is 31.0 Å². The number of fused-ring (bicyclic) bond motifs is 7. The molecule has 3 aromatic carbocycles. The predicted octanol–water partition coefficient (Wildman–Crippen LogP) is 5.81. The third kappa shape index (κ3) is 3.71. The molecule has 5 aliphatic rings. The molecule has 9 rings (SSSR count). The highest BCUT2D eigenvalue weighted by Gasteiger charge is 2.46. The summed E-state index contributed by atoms with van der Waals surface area (Å²) in [5, 5.41) is 7.67. The van der Waals surface area contributed by atoms with Gasteiger partial charge in [0.1, 0.15) is 19.0 Å². The van der Waals surface area contributed by atoms with Crippen molar-refractivity contribution in [2.24, 2.45) is 0 Å². The summed E-state index contributed by atoms with van der Waals surface area (Å²) in [5.41, 5.74) is 2.96. The fraction of sp³-hybridized carbons (Fsp3) is 0.455. The summed E-state index contributed by atoms with van der Waals surface area (Å²) < 4.78 is 13.2. The van der Waals surface area contributed by atoms with Gasteiger partial charge in [-0.05, 0) is 74.0 Å². The van der Waals surface area contributed by atoms with Gasteiger partial charge in [0, 0.05) is 24.2 Å². The van der Waals surface area contributed by atoms with Gasteiger partial charge in [-0.1, -0.05) is 54.1 Å². The molecule has 4 aromatic rings. The highest BCUT2D eigenvalue weighted by atomic mass is 35.5. The highest BCUT2D eigenvalue weighted by Crippen LogP contribution is 2.49. The molecular formula is C33H34ClN5O2. The van der Waals surface area contributed by atoms with E-state index in [9.17, 15) is 0 Å². The van der Waals surface area contributed by atoms with Crippen molar-refractivity contribution < 1.29 is 9.47 Å². The summed E-state index contributed by atoms with van der Waals surface area (Å²) >= 11 is 7.27. The van der Waals surface area contributed by atoms with Crippen molar-refractivity contribution in [3.05, 3.63) is 53.6 Å². The van der Waals surface area contributed by atoms with Crippen molar-refractivity contribution in [1.82, 2.24) is 20.2 Å². The van der Waals surface area contributed by atoms with Gasteiger partial charge >= 0.3 is 6.01 Å². The Balaban J connectivity index is 1.22. The molecule has 210 valence electrons. The lowest BCUT2D eigenvalue weighted by atomic mass is 9.95. The zero-order chi connectivity index (χ0) is 27.1. The number of nitrogens with zero attached hydrogens (tertiary/aromatic N) is 4. The van der Waals surface area contributed by atoms with Crippen LogP contribution in [0.15, 0.2) is 48.5 Å². The van der Waals surface area contributed by atoms with E-state index in [0.717, 1.165) is 46.2 Å². The number of hydrogen-bond donors (Lipinski definition) is 1. The number of anilines is 1. The molecule has 4 saturated heterocycles. The number of benzene rings is 3. The number of ether oxygens (including phenoxy) is 2. The smallest absolute Gasteiger partial charge is 0.319 e. The van der Waals surface area contributed by atoms with Crippen LogP contribution in [0.5, 0.6) is 11.8 Å². The van der Waals surface area contributed by atoms with Crippen molar-refractivity contribution in [3.8, 4) is 22.9 Å². The van der Waals surface area contributed by atoms with Gasteiger partial charge < -0.3 is 19.7 Å². The minimum absolute atomic E-state index is 0.130. The molecule has 2 bridgehead atoms. The molecule has 4 fully saturated rings. The summed E-state index contributed by atoms with van der Waals surface area (Å²) in [6.07, 6.45) is 7.20. The number of rotatable bonds is 4. The fourth-order valence-electron chi connectivity index (χ4n) is 8.43. The minimum Gasteiger partial charge on any atom is -0.489 e. The molecule has 7 nitrogen and oxygen atoms in total. The number of hydrogen-bond acceptors (Lipinski definition) is 7. The van der Waals surface area contributed by atoms with E-state index in [1.165, 1.54) is 50.6 Å². The molecule has 1 N–H and O–H groups in total. The molecule has 0 spiro atoms. The molecule has 0 amide bonds. The van der Waals surface area contributed by atoms with Crippen LogP contribution in [0.2, 0.25) is 5.02 Å². The maximum atomic E-state index is 7.27. The van der Waals surface area contributed by atoms with Gasteiger partial charge in [0.25, 0.3) is 0 Å². The predicted molar refractivity (Wildman–Crippen MR) is 162 cm³/mol. The lowest BCUT2D eigenvalue weighted by Gasteiger charge is -2.40. The molecule has 5 aliphatic heterocycles. The molecule has 6 heterocycles. The first-order valence-electron chi connectivity index (χ1n) is 15.2. The van der Waals surface area contributed by atoms with Crippen LogP contribution < -0.4 is 19.7 Å². The molecule has 3 atom stereocenters. The lowest BCUT2D eigenvalue weighted by molar-refractivity contribution is 0.108. The quantitative estimate of drug-likeness (QED) is 0.334. The lowest BCUT2D eigenvalue weighted by Crippen LogP contribution is -2.60. The number of halogens is 1. The first-order chi connectivity index (χ1) is 20.2. The Morgan fingerprint density at radius 1 is 1.02 bits per heavy atom. The third-order valence-electron chi connectivity index (χ3n) is 10.4. The van der Waals surface area contributed by atoms with Crippen molar-refractivity contribution in [2.75, 3.05) is 37.7 Å². The Bertz CT molecular complexity index is 1680. The summed E-state index contributed by atoms with van der Waals surface area (Å²) in [7, 11) is 0. The van der Waals surface area contributed by atoms with E-state index in [2.05, 4.69) is 63.6 Å². The van der Waals surface area contributed by atoms with Crippen molar-refractivity contribution >= 4 is 39.1 Å². The van der Waals surface area contributed by atoms with Gasteiger partial charge in [-0.25, -0.2) is 0 Å². The Labute approximate surface area is 244 Å². The monoisotopic (exact) mass is 567 g/mol. The maximum Gasteiger partial charge on any atom is 0.319 e. The molecular weight excluding hydrogens is 534 g/mol. The van der Waals surface area contributed by atoms with Crippen LogP contribution in [0.3, 0.4) is 0 Å². The van der Waals surface area contributed by atoms with Crippen LogP contribution in [0.4, 0.5) is 5.82 Å². The average Bonchev–Trinajstić information content (AvgIpc) is 3.67. The first kappa shape index (κ1) is 24.5. The molecule has 0 aliphatic carbocycles. The Morgan fingerprint density at radius 3 is 2.78 bits per heavy atom. The topological polar surface area (TPSA) is 62.8 Å². The SMILES string of the molecule is Clc1c(-c2cccc3ccccc23)cc2nc(OCC34CCCN3CCC4)nc3c2c1OCC1C2CCC(CN31)N2. The molecule has 1 aromatic heterocycles. The van der Waals surface area contributed by atoms with Gasteiger partial charge in [-0.2, -0.15) is 9.97 Å². The zero-order valence-corrected chi connectivity index (χ0v) is 23.9. The van der Waals surface area contributed by atoms with Crippen LogP contribution in [0, 0.1) is 0 Å². The number of aromatic nitrogens is 2. The van der Waals surface area contributed by atoms with E-state index in [0.29, 0.717) is 42.1 Å². The standard InChI is InChI=1S/C33H34ClN5O2/c34-29-24(23-9-3-7-20-6-1-2-8-22(20)23)16-26-28-30(29)40-18-27-25-11-10-21(35-25)17-39(27)31(28)37-32(36-26)41-19-33-12-4-14-38(33)15-5-13-33/h1-3,6-9,16,21,25,27,35H,4-5,10-15,17-19H2. The Kier molecular flexibility index (Phi) is 5.48. The van der Waals surface area contributed by atoms with E-state index >= 15 is 0 Å². The van der Waals surface area contributed by atoms with Crippen LogP contribution in [-0.4, -0.2) is 71.4 Å². The van der Waals surface area contributed by atoms with Gasteiger partial charge in [-0.15, -0.1) is 0 Å². The molecule has 41 heavy (non-hydrogen) atoms. The second-order valence-electron chi connectivity index (χ2n) is 12.6. The molecule has 0 saturated carbocycles. The van der Waals surface area contributed by atoms with E-state index < -0.39 is 0 Å². The van der Waals surface area contributed by atoms with Gasteiger partial charge in [0.15, 0.2) is 5.75 Å². The Morgan fingerprint density at radius 2 is 1.88 bits per heavy atom. The van der Waals surface area contributed by atoms with E-state index in [1.807, 2.05) is 0 Å². The normalized spacial score (nSPS) is 26.2. The second-order valence-corrected chi connectivity index (χ2v) is 13.0. The van der Waals surface area contributed by atoms with Crippen LogP contribution in [0.1, 0.15) is 38.5 Å². The zero-order valence-electron chi connectivity index (χ0n) is 23.1. The summed E-state index contributed by atoms with van der Waals surface area (Å²) in [5.74, 6) is 1.59. The largest absolute Gasteiger partial charge is 0.489 e. The van der Waals surface area contributed by atoms with Gasteiger partial charge in [0.2, 0.25) is 0 Å². The van der Waals surface area contributed by atoms with Crippen LogP contribution in [-0.2, 0) is 0 Å². The van der Waals surface area contributed by atoms with Crippen molar-refractivity contribution in [3.63, 3.8) is 0 Å². The maximum absolute atomic E-state index is 7.27. The van der Waals surface area contributed by atoms with Gasteiger partial charge in [0.05, 0.1) is 27.5 Å². The Hall–Kier alpha value is -3.13. The summed E-state index contributed by atoms with van der Waals surface area (Å²) in [6.45, 7) is 4.44. The van der Waals surface area contributed by atoms with Crippen molar-refractivity contribution in [2.45, 2.75) is 62.2 Å². The minimum atomic E-state index is 0.130. The van der Waals surface area contributed by atoms with Gasteiger partial charge in [-0.3, -0.25) is 4.90 Å². The fourth-order valence-corrected chi connectivity index (χ4v) is 8.73. The molecule has 8 heteroatoms. The number of nitrogens with one attached hydrogen (secondary N) is 1. The second kappa shape index (κ2) is 9.18.